The van der Waals surface area contributed by atoms with Gasteiger partial charge in [0.15, 0.2) is 0 Å². The van der Waals surface area contributed by atoms with Gasteiger partial charge in [-0.3, -0.25) is 8.86 Å². The summed E-state index contributed by atoms with van der Waals surface area (Å²) in [6.07, 6.45) is 0. The topological polar surface area (TPSA) is 40.5 Å². The minimum absolute atomic E-state index is 0.386. The van der Waals surface area contributed by atoms with Crippen molar-refractivity contribution >= 4 is 27.7 Å². The third-order valence-corrected chi connectivity index (χ3v) is 4.37. The summed E-state index contributed by atoms with van der Waals surface area (Å²) in [5.74, 6) is 0. The van der Waals surface area contributed by atoms with E-state index in [4.69, 9.17) is 0 Å². The van der Waals surface area contributed by atoms with Gasteiger partial charge in [0.1, 0.15) is 0 Å². The zero-order valence-electron chi connectivity index (χ0n) is 12.3. The largest absolute Gasteiger partial charge is 0.289 e. The van der Waals surface area contributed by atoms with Crippen LogP contribution in [0.3, 0.4) is 0 Å². The van der Waals surface area contributed by atoms with Crippen molar-refractivity contribution in [3.05, 3.63) is 77.9 Å². The highest BCUT2D eigenvalue weighted by atomic mass is 32.2. The maximum atomic E-state index is 11.9. The normalized spacial score (nSPS) is 12.3. The van der Waals surface area contributed by atoms with Crippen molar-refractivity contribution in [2.24, 2.45) is 0 Å². The van der Waals surface area contributed by atoms with Crippen molar-refractivity contribution in [1.82, 2.24) is 0 Å². The molecule has 0 saturated heterocycles. The van der Waals surface area contributed by atoms with Crippen LogP contribution in [0.25, 0.3) is 10.8 Å². The number of hydrogen-bond acceptors (Lipinski definition) is 1. The molecule has 0 aliphatic rings. The van der Waals surface area contributed by atoms with E-state index in [0.717, 1.165) is 22.0 Å². The Hall–Kier alpha value is -2.17. The Morgan fingerprint density at radius 2 is 1.64 bits per heavy atom. The van der Waals surface area contributed by atoms with Gasteiger partial charge in [-0.2, -0.15) is 0 Å². The van der Waals surface area contributed by atoms with Gasteiger partial charge in [-0.1, -0.05) is 66.2 Å². The van der Waals surface area contributed by atoms with E-state index in [2.05, 4.69) is 0 Å². The van der Waals surface area contributed by atoms with Gasteiger partial charge in [-0.25, -0.2) is 4.21 Å². The van der Waals surface area contributed by atoms with Gasteiger partial charge >= 0.3 is 0 Å². The molecule has 0 aliphatic heterocycles. The Morgan fingerprint density at radius 3 is 2.36 bits per heavy atom. The third-order valence-electron chi connectivity index (χ3n) is 3.67. The second-order valence-electron chi connectivity index (χ2n) is 5.25. The first kappa shape index (κ1) is 14.8. The molecule has 0 bridgehead atoms. The summed E-state index contributed by atoms with van der Waals surface area (Å²) in [4.78, 5) is 0. The Labute approximate surface area is 132 Å². The van der Waals surface area contributed by atoms with Crippen LogP contribution in [0.5, 0.6) is 0 Å². The number of nitrogens with zero attached hydrogens (tertiary/aromatic N) is 1. The lowest BCUT2D eigenvalue weighted by atomic mass is 10.1. The third kappa shape index (κ3) is 3.03. The molecule has 3 aromatic carbocycles. The van der Waals surface area contributed by atoms with E-state index in [1.807, 2.05) is 73.7 Å². The Balaban J connectivity index is 2.03. The van der Waals surface area contributed by atoms with Crippen LogP contribution in [0, 0.1) is 6.92 Å². The zero-order valence-corrected chi connectivity index (χ0v) is 13.1. The molecule has 1 unspecified atom stereocenters. The number of aryl methyl sites for hydroxylation is 1. The summed E-state index contributed by atoms with van der Waals surface area (Å²) in [6.45, 7) is 2.41. The lowest BCUT2D eigenvalue weighted by Gasteiger charge is -2.22. The maximum absolute atomic E-state index is 11.9. The molecule has 3 aromatic rings. The molecule has 3 nitrogen and oxygen atoms in total. The molecule has 0 saturated carbocycles. The first-order valence-electron chi connectivity index (χ1n) is 7.07. The molecule has 112 valence electrons. The lowest BCUT2D eigenvalue weighted by Crippen LogP contribution is -2.24. The molecule has 0 amide bonds. The molecule has 1 N–H and O–H groups in total. The minimum Gasteiger partial charge on any atom is -0.289 e. The SMILES string of the molecule is Cc1ccc(CN(c2cccc3ccccc23)S(=O)O)cc1. The van der Waals surface area contributed by atoms with Gasteiger partial charge < -0.3 is 0 Å². The second-order valence-corrected chi connectivity index (χ2v) is 6.15. The van der Waals surface area contributed by atoms with E-state index in [1.54, 1.807) is 0 Å². The van der Waals surface area contributed by atoms with E-state index in [1.165, 1.54) is 9.87 Å². The quantitative estimate of drug-likeness (QED) is 0.730. The first-order chi connectivity index (χ1) is 10.6. The molecule has 4 heteroatoms. The fourth-order valence-corrected chi connectivity index (χ4v) is 3.10. The molecule has 0 heterocycles. The number of anilines is 1. The van der Waals surface area contributed by atoms with Crippen molar-refractivity contribution in [2.75, 3.05) is 4.31 Å². The predicted octanol–water partition coefficient (Wildman–Crippen LogP) is 4.29. The van der Waals surface area contributed by atoms with Gasteiger partial charge in [0.05, 0.1) is 12.2 Å². The van der Waals surface area contributed by atoms with E-state index in [0.29, 0.717) is 6.54 Å². The molecule has 0 spiro atoms. The Kier molecular flexibility index (Phi) is 4.22. The predicted molar refractivity (Wildman–Crippen MR) is 92.1 cm³/mol. The molecular weight excluding hydrogens is 294 g/mol. The van der Waals surface area contributed by atoms with Crippen LogP contribution in [-0.4, -0.2) is 8.76 Å². The molecular formula is C18H17NO2S. The zero-order chi connectivity index (χ0) is 15.5. The number of benzene rings is 3. The average Bonchev–Trinajstić information content (AvgIpc) is 2.54. The summed E-state index contributed by atoms with van der Waals surface area (Å²) >= 11 is -2.08. The van der Waals surface area contributed by atoms with Crippen LogP contribution in [0.1, 0.15) is 11.1 Å². The van der Waals surface area contributed by atoms with Crippen LogP contribution >= 0.6 is 0 Å². The molecule has 3 rings (SSSR count). The van der Waals surface area contributed by atoms with E-state index >= 15 is 0 Å². The first-order valence-corrected chi connectivity index (χ1v) is 8.13. The maximum Gasteiger partial charge on any atom is 0.262 e. The summed E-state index contributed by atoms with van der Waals surface area (Å²) in [5, 5.41) is 2.03. The van der Waals surface area contributed by atoms with Crippen molar-refractivity contribution in [3.63, 3.8) is 0 Å². The molecule has 22 heavy (non-hydrogen) atoms. The van der Waals surface area contributed by atoms with E-state index in [9.17, 15) is 8.76 Å². The van der Waals surface area contributed by atoms with E-state index < -0.39 is 11.3 Å². The van der Waals surface area contributed by atoms with Crippen molar-refractivity contribution in [2.45, 2.75) is 13.5 Å². The standard InChI is InChI=1S/C18H17NO2S/c1-14-9-11-15(12-10-14)13-19(22(20)21)18-8-4-6-16-5-2-3-7-17(16)18/h2-12H,13H2,1H3,(H,20,21). The van der Waals surface area contributed by atoms with Crippen molar-refractivity contribution < 1.29 is 8.76 Å². The van der Waals surface area contributed by atoms with E-state index in [-0.39, 0.29) is 0 Å². The average molecular weight is 311 g/mol. The molecule has 0 aliphatic carbocycles. The molecule has 0 radical (unpaired) electrons. The Morgan fingerprint density at radius 1 is 0.955 bits per heavy atom. The van der Waals surface area contributed by atoms with Crippen LogP contribution in [-0.2, 0) is 17.8 Å². The summed E-state index contributed by atoms with van der Waals surface area (Å²) in [5.41, 5.74) is 2.94. The lowest BCUT2D eigenvalue weighted by molar-refractivity contribution is 0.558. The summed E-state index contributed by atoms with van der Waals surface area (Å²) in [7, 11) is 0. The molecule has 1 atom stereocenters. The smallest absolute Gasteiger partial charge is 0.262 e. The fourth-order valence-electron chi connectivity index (χ4n) is 2.51. The van der Waals surface area contributed by atoms with Gasteiger partial charge in [0.2, 0.25) is 0 Å². The minimum atomic E-state index is -2.08. The highest BCUT2D eigenvalue weighted by Crippen LogP contribution is 2.28. The number of rotatable bonds is 4. The summed E-state index contributed by atoms with van der Waals surface area (Å²) in [6, 6.07) is 21.7. The fraction of sp³-hybridized carbons (Fsp3) is 0.111. The highest BCUT2D eigenvalue weighted by Gasteiger charge is 2.15. The summed E-state index contributed by atoms with van der Waals surface area (Å²) < 4.78 is 23.1. The Bertz CT molecular complexity index is 809. The number of fused-ring (bicyclic) bond motifs is 1. The van der Waals surface area contributed by atoms with Gasteiger partial charge in [-0.15, -0.1) is 0 Å². The van der Waals surface area contributed by atoms with Gasteiger partial charge in [0, 0.05) is 5.39 Å². The van der Waals surface area contributed by atoms with Gasteiger partial charge in [-0.05, 0) is 23.9 Å². The van der Waals surface area contributed by atoms with Crippen LogP contribution in [0.15, 0.2) is 66.7 Å². The molecule has 0 fully saturated rings. The molecule has 0 aromatic heterocycles. The van der Waals surface area contributed by atoms with Gasteiger partial charge in [0.25, 0.3) is 11.3 Å². The highest BCUT2D eigenvalue weighted by molar-refractivity contribution is 7.80. The monoisotopic (exact) mass is 311 g/mol. The number of hydrogen-bond donors (Lipinski definition) is 1. The van der Waals surface area contributed by atoms with Crippen LogP contribution in [0.2, 0.25) is 0 Å². The second kappa shape index (κ2) is 6.30. The van der Waals surface area contributed by atoms with Crippen molar-refractivity contribution in [1.29, 1.82) is 0 Å². The van der Waals surface area contributed by atoms with Crippen LogP contribution < -0.4 is 4.31 Å². The van der Waals surface area contributed by atoms with Crippen molar-refractivity contribution in [3.8, 4) is 0 Å². The van der Waals surface area contributed by atoms with Crippen LogP contribution in [0.4, 0.5) is 5.69 Å².